The van der Waals surface area contributed by atoms with E-state index in [9.17, 15) is 9.59 Å². The highest BCUT2D eigenvalue weighted by Gasteiger charge is 2.07. The number of hydrogen-bond donors (Lipinski definition) is 1. The van der Waals surface area contributed by atoms with Crippen molar-refractivity contribution in [1.29, 1.82) is 0 Å². The van der Waals surface area contributed by atoms with E-state index in [-0.39, 0.29) is 12.5 Å². The van der Waals surface area contributed by atoms with E-state index in [0.717, 1.165) is 4.47 Å². The van der Waals surface area contributed by atoms with Crippen molar-refractivity contribution in [3.63, 3.8) is 0 Å². The maximum absolute atomic E-state index is 11.5. The topological polar surface area (TPSA) is 55.4 Å². The Bertz CT molecular complexity index is 375. The Labute approximate surface area is 102 Å². The van der Waals surface area contributed by atoms with E-state index in [1.165, 1.54) is 0 Å². The summed E-state index contributed by atoms with van der Waals surface area (Å²) >= 11 is 3.27. The quantitative estimate of drug-likeness (QED) is 0.858. The molecule has 1 aromatic rings. The molecular formula is C11H12BrNO3. The molecule has 0 spiro atoms. The van der Waals surface area contributed by atoms with Gasteiger partial charge >= 0.3 is 5.97 Å². The van der Waals surface area contributed by atoms with Crippen molar-refractivity contribution in [2.45, 2.75) is 6.92 Å². The van der Waals surface area contributed by atoms with Gasteiger partial charge in [0.25, 0.3) is 5.91 Å². The molecule has 0 aliphatic rings. The number of hydrogen-bond acceptors (Lipinski definition) is 3. The molecule has 4 nitrogen and oxygen atoms in total. The maximum Gasteiger partial charge on any atom is 0.325 e. The lowest BCUT2D eigenvalue weighted by Crippen LogP contribution is -2.30. The van der Waals surface area contributed by atoms with Gasteiger partial charge in [0, 0.05) is 10.0 Å². The normalized spacial score (nSPS) is 9.62. The van der Waals surface area contributed by atoms with E-state index >= 15 is 0 Å². The van der Waals surface area contributed by atoms with E-state index in [2.05, 4.69) is 26.0 Å². The second-order valence-electron chi connectivity index (χ2n) is 2.99. The second-order valence-corrected chi connectivity index (χ2v) is 3.91. The molecule has 1 rings (SSSR count). The van der Waals surface area contributed by atoms with Crippen LogP contribution in [0, 0.1) is 0 Å². The number of esters is 1. The van der Waals surface area contributed by atoms with Crippen molar-refractivity contribution in [1.82, 2.24) is 5.32 Å². The van der Waals surface area contributed by atoms with Gasteiger partial charge < -0.3 is 10.1 Å². The summed E-state index contributed by atoms with van der Waals surface area (Å²) in [6.07, 6.45) is 0. The van der Waals surface area contributed by atoms with Gasteiger partial charge in [-0.3, -0.25) is 9.59 Å². The van der Waals surface area contributed by atoms with Gasteiger partial charge in [-0.25, -0.2) is 0 Å². The first-order chi connectivity index (χ1) is 7.63. The van der Waals surface area contributed by atoms with Crippen LogP contribution in [-0.2, 0) is 9.53 Å². The zero-order chi connectivity index (χ0) is 12.0. The second kappa shape index (κ2) is 6.27. The summed E-state index contributed by atoms with van der Waals surface area (Å²) in [5.41, 5.74) is 0.507. The highest BCUT2D eigenvalue weighted by molar-refractivity contribution is 9.10. The highest BCUT2D eigenvalue weighted by Crippen LogP contribution is 2.10. The van der Waals surface area contributed by atoms with Gasteiger partial charge in [0.15, 0.2) is 0 Å². The maximum atomic E-state index is 11.5. The van der Waals surface area contributed by atoms with Gasteiger partial charge in [-0.05, 0) is 31.2 Å². The average Bonchev–Trinajstić information content (AvgIpc) is 2.27. The molecule has 16 heavy (non-hydrogen) atoms. The molecule has 1 N–H and O–H groups in total. The molecule has 0 heterocycles. The number of rotatable bonds is 4. The predicted octanol–water partition coefficient (Wildman–Crippen LogP) is 1.74. The number of nitrogens with one attached hydrogen (secondary N) is 1. The van der Waals surface area contributed by atoms with E-state index < -0.39 is 5.97 Å². The summed E-state index contributed by atoms with van der Waals surface area (Å²) in [7, 11) is 0. The van der Waals surface area contributed by atoms with Crippen molar-refractivity contribution >= 4 is 27.8 Å². The molecule has 0 aliphatic heterocycles. The van der Waals surface area contributed by atoms with Gasteiger partial charge in [0.2, 0.25) is 0 Å². The van der Waals surface area contributed by atoms with Gasteiger partial charge in [-0.1, -0.05) is 15.9 Å². The number of carbonyl (C=O) groups is 2. The predicted molar refractivity (Wildman–Crippen MR) is 63.1 cm³/mol. The third-order valence-electron chi connectivity index (χ3n) is 1.81. The van der Waals surface area contributed by atoms with Crippen LogP contribution in [0.25, 0.3) is 0 Å². The minimum Gasteiger partial charge on any atom is -0.465 e. The summed E-state index contributed by atoms with van der Waals surface area (Å²) in [5, 5.41) is 2.47. The minimum atomic E-state index is -0.437. The lowest BCUT2D eigenvalue weighted by Gasteiger charge is -2.04. The minimum absolute atomic E-state index is 0.108. The van der Waals surface area contributed by atoms with Crippen molar-refractivity contribution in [2.75, 3.05) is 13.2 Å². The fourth-order valence-corrected chi connectivity index (χ4v) is 1.33. The van der Waals surface area contributed by atoms with Crippen LogP contribution < -0.4 is 5.32 Å². The SMILES string of the molecule is CCOC(=O)CNC(=O)c1ccc(Br)cc1. The summed E-state index contributed by atoms with van der Waals surface area (Å²) < 4.78 is 5.58. The summed E-state index contributed by atoms with van der Waals surface area (Å²) in [4.78, 5) is 22.5. The molecule has 1 amide bonds. The molecular weight excluding hydrogens is 274 g/mol. The van der Waals surface area contributed by atoms with Crippen LogP contribution >= 0.6 is 15.9 Å². The molecule has 86 valence electrons. The molecule has 0 saturated carbocycles. The van der Waals surface area contributed by atoms with E-state index in [1.54, 1.807) is 31.2 Å². The molecule has 0 radical (unpaired) electrons. The molecule has 1 aromatic carbocycles. The van der Waals surface area contributed by atoms with Crippen LogP contribution in [0.1, 0.15) is 17.3 Å². The monoisotopic (exact) mass is 285 g/mol. The number of ether oxygens (including phenoxy) is 1. The zero-order valence-electron chi connectivity index (χ0n) is 8.83. The fourth-order valence-electron chi connectivity index (χ4n) is 1.07. The van der Waals surface area contributed by atoms with Crippen LogP contribution in [0.4, 0.5) is 0 Å². The van der Waals surface area contributed by atoms with Crippen molar-refractivity contribution in [3.8, 4) is 0 Å². The third-order valence-corrected chi connectivity index (χ3v) is 2.33. The smallest absolute Gasteiger partial charge is 0.325 e. The number of halogens is 1. The van der Waals surface area contributed by atoms with Gasteiger partial charge in [-0.15, -0.1) is 0 Å². The molecule has 0 bridgehead atoms. The lowest BCUT2D eigenvalue weighted by atomic mass is 10.2. The fraction of sp³-hybridized carbons (Fsp3) is 0.273. The first-order valence-electron chi connectivity index (χ1n) is 4.83. The number of carbonyl (C=O) groups excluding carboxylic acids is 2. The third kappa shape index (κ3) is 4.02. The van der Waals surface area contributed by atoms with Crippen LogP contribution in [0.5, 0.6) is 0 Å². The summed E-state index contributed by atoms with van der Waals surface area (Å²) in [6.45, 7) is 1.92. The summed E-state index contributed by atoms with van der Waals surface area (Å²) in [6, 6.07) is 6.87. The molecule has 0 saturated heterocycles. The van der Waals surface area contributed by atoms with E-state index in [1.807, 2.05) is 0 Å². The first-order valence-corrected chi connectivity index (χ1v) is 5.62. The van der Waals surface area contributed by atoms with Crippen LogP contribution in [0.15, 0.2) is 28.7 Å². The molecule has 0 aliphatic carbocycles. The number of amides is 1. The molecule has 0 fully saturated rings. The Kier molecular flexibility index (Phi) is 4.98. The summed E-state index contributed by atoms with van der Waals surface area (Å²) in [5.74, 6) is -0.728. The number of benzene rings is 1. The first kappa shape index (κ1) is 12.7. The molecule has 0 aromatic heterocycles. The Morgan fingerprint density at radius 3 is 2.50 bits per heavy atom. The largest absolute Gasteiger partial charge is 0.465 e. The van der Waals surface area contributed by atoms with Crippen molar-refractivity contribution < 1.29 is 14.3 Å². The Morgan fingerprint density at radius 2 is 1.94 bits per heavy atom. The molecule has 5 heteroatoms. The highest BCUT2D eigenvalue weighted by atomic mass is 79.9. The van der Waals surface area contributed by atoms with Crippen molar-refractivity contribution in [3.05, 3.63) is 34.3 Å². The molecule has 0 atom stereocenters. The Hall–Kier alpha value is -1.36. The Morgan fingerprint density at radius 1 is 1.31 bits per heavy atom. The average molecular weight is 286 g/mol. The van der Waals surface area contributed by atoms with Gasteiger partial charge in [0.05, 0.1) is 6.61 Å². The molecule has 0 unspecified atom stereocenters. The standard InChI is InChI=1S/C11H12BrNO3/c1-2-16-10(14)7-13-11(15)8-3-5-9(12)6-4-8/h3-6H,2,7H2,1H3,(H,13,15). The van der Waals surface area contributed by atoms with E-state index in [0.29, 0.717) is 12.2 Å². The zero-order valence-corrected chi connectivity index (χ0v) is 10.4. The van der Waals surface area contributed by atoms with Crippen molar-refractivity contribution in [2.24, 2.45) is 0 Å². The lowest BCUT2D eigenvalue weighted by molar-refractivity contribution is -0.141. The van der Waals surface area contributed by atoms with E-state index in [4.69, 9.17) is 0 Å². The Balaban J connectivity index is 2.47. The van der Waals surface area contributed by atoms with Crippen LogP contribution in [0.3, 0.4) is 0 Å². The van der Waals surface area contributed by atoms with Crippen LogP contribution in [-0.4, -0.2) is 25.0 Å². The van der Waals surface area contributed by atoms with Gasteiger partial charge in [0.1, 0.15) is 6.54 Å². The van der Waals surface area contributed by atoms with Gasteiger partial charge in [-0.2, -0.15) is 0 Å². The van der Waals surface area contributed by atoms with Crippen LogP contribution in [0.2, 0.25) is 0 Å².